The Kier molecular flexibility index (Phi) is 5.27. The van der Waals surface area contributed by atoms with Gasteiger partial charge in [-0.1, -0.05) is 18.6 Å². The number of aromatic nitrogens is 1. The van der Waals surface area contributed by atoms with Gasteiger partial charge in [-0.25, -0.2) is 9.86 Å². The molecular weight excluding hydrogens is 336 g/mol. The number of piperidine rings is 1. The van der Waals surface area contributed by atoms with E-state index in [9.17, 15) is 8.42 Å². The Labute approximate surface area is 149 Å². The second-order valence-corrected chi connectivity index (χ2v) is 8.42. The SMILES string of the molecule is Cc1ccc2nccc(N3CCC(C(C)CNS(N)(=O)=O)CC3)c2c1. The summed E-state index contributed by atoms with van der Waals surface area (Å²) in [4.78, 5) is 6.88. The third-order valence-electron chi connectivity index (χ3n) is 5.17. The summed E-state index contributed by atoms with van der Waals surface area (Å²) in [6.45, 7) is 6.53. The van der Waals surface area contributed by atoms with Gasteiger partial charge in [0.05, 0.1) is 5.52 Å². The highest BCUT2D eigenvalue weighted by atomic mass is 32.2. The summed E-state index contributed by atoms with van der Waals surface area (Å²) in [5, 5.41) is 6.22. The smallest absolute Gasteiger partial charge is 0.274 e. The van der Waals surface area contributed by atoms with Crippen LogP contribution in [0.15, 0.2) is 30.5 Å². The summed E-state index contributed by atoms with van der Waals surface area (Å²) in [5.41, 5.74) is 3.50. The fourth-order valence-electron chi connectivity index (χ4n) is 3.64. The van der Waals surface area contributed by atoms with Crippen LogP contribution >= 0.6 is 0 Å². The first-order valence-corrected chi connectivity index (χ1v) is 10.3. The van der Waals surface area contributed by atoms with E-state index >= 15 is 0 Å². The number of nitrogens with zero attached hydrogens (tertiary/aromatic N) is 2. The Bertz CT molecular complexity index is 845. The molecule has 1 aromatic heterocycles. The fourth-order valence-corrected chi connectivity index (χ4v) is 4.14. The van der Waals surface area contributed by atoms with E-state index < -0.39 is 10.2 Å². The topological polar surface area (TPSA) is 88.3 Å². The Morgan fingerprint density at radius 2 is 2.04 bits per heavy atom. The second-order valence-electron chi connectivity index (χ2n) is 7.05. The second kappa shape index (κ2) is 7.27. The minimum Gasteiger partial charge on any atom is -0.371 e. The lowest BCUT2D eigenvalue weighted by Gasteiger charge is -2.36. The highest BCUT2D eigenvalue weighted by Crippen LogP contribution is 2.32. The molecule has 1 saturated heterocycles. The number of aryl methyl sites for hydroxylation is 1. The van der Waals surface area contributed by atoms with Crippen LogP contribution in [0.2, 0.25) is 0 Å². The van der Waals surface area contributed by atoms with E-state index in [4.69, 9.17) is 5.14 Å². The van der Waals surface area contributed by atoms with Gasteiger partial charge >= 0.3 is 0 Å². The molecule has 1 atom stereocenters. The Morgan fingerprint density at radius 1 is 1.32 bits per heavy atom. The summed E-state index contributed by atoms with van der Waals surface area (Å²) in [7, 11) is -3.61. The molecule has 0 aliphatic carbocycles. The molecule has 6 nitrogen and oxygen atoms in total. The van der Waals surface area contributed by atoms with Gasteiger partial charge in [-0.3, -0.25) is 4.98 Å². The molecule has 0 amide bonds. The maximum Gasteiger partial charge on any atom is 0.274 e. The maximum atomic E-state index is 11.1. The van der Waals surface area contributed by atoms with Gasteiger partial charge in [0.15, 0.2) is 0 Å². The number of hydrogen-bond donors (Lipinski definition) is 2. The largest absolute Gasteiger partial charge is 0.371 e. The van der Waals surface area contributed by atoms with Crippen LogP contribution in [0.3, 0.4) is 0 Å². The molecule has 0 spiro atoms. The number of pyridine rings is 1. The molecule has 0 bridgehead atoms. The molecule has 25 heavy (non-hydrogen) atoms. The monoisotopic (exact) mass is 362 g/mol. The number of anilines is 1. The third-order valence-corrected chi connectivity index (χ3v) is 5.73. The molecule has 1 aromatic carbocycles. The Balaban J connectivity index is 1.68. The van der Waals surface area contributed by atoms with Crippen LogP contribution in [0.25, 0.3) is 10.9 Å². The first-order valence-electron chi connectivity index (χ1n) is 8.71. The summed E-state index contributed by atoms with van der Waals surface area (Å²) in [6.07, 6.45) is 3.96. The first-order chi connectivity index (χ1) is 11.8. The number of nitrogens with one attached hydrogen (secondary N) is 1. The van der Waals surface area contributed by atoms with Crippen LogP contribution in [-0.4, -0.2) is 33.0 Å². The zero-order valence-corrected chi connectivity index (χ0v) is 15.6. The number of benzene rings is 1. The normalized spacial score (nSPS) is 17.8. The van der Waals surface area contributed by atoms with Crippen molar-refractivity contribution in [3.63, 3.8) is 0 Å². The van der Waals surface area contributed by atoms with Crippen molar-refractivity contribution in [3.05, 3.63) is 36.0 Å². The molecule has 3 rings (SSSR count). The lowest BCUT2D eigenvalue weighted by Crippen LogP contribution is -2.40. The summed E-state index contributed by atoms with van der Waals surface area (Å²) >= 11 is 0. The summed E-state index contributed by atoms with van der Waals surface area (Å²) < 4.78 is 24.5. The van der Waals surface area contributed by atoms with E-state index in [0.29, 0.717) is 12.5 Å². The van der Waals surface area contributed by atoms with Gasteiger partial charge in [0.25, 0.3) is 10.2 Å². The van der Waals surface area contributed by atoms with E-state index in [1.165, 1.54) is 16.6 Å². The zero-order chi connectivity index (χ0) is 18.0. The van der Waals surface area contributed by atoms with Gasteiger partial charge in [-0.15, -0.1) is 0 Å². The predicted molar refractivity (Wildman–Crippen MR) is 102 cm³/mol. The molecular formula is C18H26N4O2S. The van der Waals surface area contributed by atoms with Crippen LogP contribution in [0, 0.1) is 18.8 Å². The van der Waals surface area contributed by atoms with Crippen molar-refractivity contribution in [2.75, 3.05) is 24.5 Å². The van der Waals surface area contributed by atoms with Crippen LogP contribution in [-0.2, 0) is 10.2 Å². The molecule has 7 heteroatoms. The molecule has 3 N–H and O–H groups in total. The van der Waals surface area contributed by atoms with Crippen molar-refractivity contribution >= 4 is 26.8 Å². The van der Waals surface area contributed by atoms with E-state index in [1.807, 2.05) is 6.20 Å². The van der Waals surface area contributed by atoms with E-state index in [-0.39, 0.29) is 5.92 Å². The highest BCUT2D eigenvalue weighted by Gasteiger charge is 2.25. The third kappa shape index (κ3) is 4.48. The molecule has 1 aliphatic heterocycles. The maximum absolute atomic E-state index is 11.1. The molecule has 0 radical (unpaired) electrons. The van der Waals surface area contributed by atoms with Crippen molar-refractivity contribution in [1.29, 1.82) is 0 Å². The number of hydrogen-bond acceptors (Lipinski definition) is 4. The van der Waals surface area contributed by atoms with Crippen LogP contribution in [0.4, 0.5) is 5.69 Å². The number of fused-ring (bicyclic) bond motifs is 1. The summed E-state index contributed by atoms with van der Waals surface area (Å²) in [6, 6.07) is 8.45. The average molecular weight is 362 g/mol. The summed E-state index contributed by atoms with van der Waals surface area (Å²) in [5.74, 6) is 0.775. The number of rotatable bonds is 5. The van der Waals surface area contributed by atoms with Crippen LogP contribution in [0.5, 0.6) is 0 Å². The van der Waals surface area contributed by atoms with Gasteiger partial charge < -0.3 is 4.90 Å². The van der Waals surface area contributed by atoms with E-state index in [0.717, 1.165) is 31.4 Å². The lowest BCUT2D eigenvalue weighted by molar-refractivity contribution is 0.293. The first kappa shape index (κ1) is 18.1. The molecule has 1 aliphatic rings. The van der Waals surface area contributed by atoms with Crippen LogP contribution in [0.1, 0.15) is 25.3 Å². The Hall–Kier alpha value is -1.70. The van der Waals surface area contributed by atoms with Crippen molar-refractivity contribution < 1.29 is 8.42 Å². The molecule has 1 fully saturated rings. The Morgan fingerprint density at radius 3 is 2.72 bits per heavy atom. The quantitative estimate of drug-likeness (QED) is 0.853. The molecule has 0 saturated carbocycles. The van der Waals surface area contributed by atoms with Gasteiger partial charge in [0.1, 0.15) is 0 Å². The van der Waals surface area contributed by atoms with E-state index in [2.05, 4.69) is 52.7 Å². The molecule has 2 aromatic rings. The van der Waals surface area contributed by atoms with Gasteiger partial charge in [0.2, 0.25) is 0 Å². The average Bonchev–Trinajstić information content (AvgIpc) is 2.58. The standard InChI is InChI=1S/C18H26N4O2S/c1-13-3-4-17-16(11-13)18(5-8-20-17)22-9-6-15(7-10-22)14(2)12-21-25(19,23)24/h3-5,8,11,14-15,21H,6-7,9-10,12H2,1-2H3,(H2,19,23,24). The number of nitrogens with two attached hydrogens (primary N) is 1. The minimum atomic E-state index is -3.61. The zero-order valence-electron chi connectivity index (χ0n) is 14.8. The van der Waals surface area contributed by atoms with Crippen molar-refractivity contribution in [2.45, 2.75) is 26.7 Å². The van der Waals surface area contributed by atoms with Crippen LogP contribution < -0.4 is 14.8 Å². The molecule has 2 heterocycles. The molecule has 1 unspecified atom stereocenters. The van der Waals surface area contributed by atoms with Crippen molar-refractivity contribution in [3.8, 4) is 0 Å². The van der Waals surface area contributed by atoms with Crippen molar-refractivity contribution in [2.24, 2.45) is 17.0 Å². The molecule has 136 valence electrons. The van der Waals surface area contributed by atoms with E-state index in [1.54, 1.807) is 0 Å². The van der Waals surface area contributed by atoms with Gasteiger partial charge in [-0.2, -0.15) is 8.42 Å². The fraction of sp³-hybridized carbons (Fsp3) is 0.500. The van der Waals surface area contributed by atoms with Crippen molar-refractivity contribution in [1.82, 2.24) is 9.71 Å². The highest BCUT2D eigenvalue weighted by molar-refractivity contribution is 7.87. The van der Waals surface area contributed by atoms with Gasteiger partial charge in [0, 0.05) is 36.9 Å². The predicted octanol–water partition coefficient (Wildman–Crippen LogP) is 2.19. The minimum absolute atomic E-state index is 0.275. The van der Waals surface area contributed by atoms with Gasteiger partial charge in [-0.05, 0) is 49.8 Å². The lowest BCUT2D eigenvalue weighted by atomic mass is 9.85.